The number of rotatable bonds is 4. The average Bonchev–Trinajstić information content (AvgIpc) is 3.05. The minimum Gasteiger partial charge on any atom is -0.545 e. The Hall–Kier alpha value is -2.25. The molecule has 22 heavy (non-hydrogen) atoms. The molecule has 0 amide bonds. The van der Waals surface area contributed by atoms with Gasteiger partial charge >= 0.3 is 0 Å². The van der Waals surface area contributed by atoms with Crippen LogP contribution in [0, 0.1) is 13.8 Å². The molecule has 1 N–H and O–H groups in total. The molecule has 5 nitrogen and oxygen atoms in total. The highest BCUT2D eigenvalue weighted by Gasteiger charge is 2.11. The van der Waals surface area contributed by atoms with Crippen molar-refractivity contribution in [3.63, 3.8) is 0 Å². The van der Waals surface area contributed by atoms with Gasteiger partial charge in [-0.05, 0) is 31.5 Å². The van der Waals surface area contributed by atoms with Gasteiger partial charge in [0.15, 0.2) is 5.13 Å². The van der Waals surface area contributed by atoms with Gasteiger partial charge in [0.05, 0.1) is 27.2 Å². The zero-order valence-corrected chi connectivity index (χ0v) is 13.5. The number of carboxylic acid groups (broad SMARTS) is 1. The van der Waals surface area contributed by atoms with E-state index in [1.54, 1.807) is 23.5 Å². The Morgan fingerprint density at radius 3 is 2.77 bits per heavy atom. The fourth-order valence-corrected chi connectivity index (χ4v) is 3.73. The Balaban J connectivity index is 1.84. The second-order valence-electron chi connectivity index (χ2n) is 4.68. The van der Waals surface area contributed by atoms with E-state index in [4.69, 9.17) is 0 Å². The van der Waals surface area contributed by atoms with Crippen LogP contribution in [0.2, 0.25) is 0 Å². The van der Waals surface area contributed by atoms with Crippen molar-refractivity contribution in [3.8, 4) is 10.6 Å². The summed E-state index contributed by atoms with van der Waals surface area (Å²) in [4.78, 5) is 20.9. The standard InChI is InChI=1S/C15H13N3O2S2/c1-8-13(22-9(2)16-8)12-7-21-15(18-12)17-11-5-3-4-10(6-11)14(19)20/h3-7H,1-2H3,(H,17,18)(H,19,20)/p-1. The van der Waals surface area contributed by atoms with Gasteiger partial charge in [0.1, 0.15) is 0 Å². The molecule has 0 spiro atoms. The highest BCUT2D eigenvalue weighted by molar-refractivity contribution is 7.16. The van der Waals surface area contributed by atoms with Crippen molar-refractivity contribution in [3.05, 3.63) is 45.9 Å². The molecule has 112 valence electrons. The lowest BCUT2D eigenvalue weighted by Gasteiger charge is -2.06. The molecule has 0 unspecified atom stereocenters. The lowest BCUT2D eigenvalue weighted by molar-refractivity contribution is -0.255. The topological polar surface area (TPSA) is 77.9 Å². The first kappa shape index (κ1) is 14.7. The number of carbonyl (C=O) groups excluding carboxylic acids is 1. The van der Waals surface area contributed by atoms with E-state index in [1.807, 2.05) is 19.2 Å². The maximum Gasteiger partial charge on any atom is 0.187 e. The van der Waals surface area contributed by atoms with E-state index in [0.29, 0.717) is 10.8 Å². The summed E-state index contributed by atoms with van der Waals surface area (Å²) in [5.41, 5.74) is 2.65. The quantitative estimate of drug-likeness (QED) is 0.795. The summed E-state index contributed by atoms with van der Waals surface area (Å²) in [6.45, 7) is 3.94. The second kappa shape index (κ2) is 5.86. The monoisotopic (exact) mass is 330 g/mol. The maximum absolute atomic E-state index is 10.9. The molecule has 0 bridgehead atoms. The van der Waals surface area contributed by atoms with Gasteiger partial charge < -0.3 is 15.2 Å². The third-order valence-corrected chi connectivity index (χ3v) is 4.84. The molecule has 0 aliphatic rings. The normalized spacial score (nSPS) is 10.6. The summed E-state index contributed by atoms with van der Waals surface area (Å²) in [5.74, 6) is -1.20. The Morgan fingerprint density at radius 2 is 2.09 bits per heavy atom. The fraction of sp³-hybridized carbons (Fsp3) is 0.133. The number of aromatic nitrogens is 2. The number of carboxylic acids is 1. The van der Waals surface area contributed by atoms with Crippen LogP contribution in [0.3, 0.4) is 0 Å². The Kier molecular flexibility index (Phi) is 3.91. The number of thiazole rings is 2. The molecule has 2 heterocycles. The van der Waals surface area contributed by atoms with E-state index in [2.05, 4.69) is 15.3 Å². The van der Waals surface area contributed by atoms with Crippen molar-refractivity contribution in [2.45, 2.75) is 13.8 Å². The summed E-state index contributed by atoms with van der Waals surface area (Å²) < 4.78 is 0. The predicted molar refractivity (Wildman–Crippen MR) is 86.8 cm³/mol. The van der Waals surface area contributed by atoms with E-state index >= 15 is 0 Å². The number of carbonyl (C=O) groups is 1. The minimum absolute atomic E-state index is 0.135. The van der Waals surface area contributed by atoms with Crippen molar-refractivity contribution < 1.29 is 9.90 Å². The van der Waals surface area contributed by atoms with Gasteiger partial charge in [-0.25, -0.2) is 9.97 Å². The molecular weight excluding hydrogens is 318 g/mol. The smallest absolute Gasteiger partial charge is 0.187 e. The van der Waals surface area contributed by atoms with Crippen molar-refractivity contribution >= 4 is 39.5 Å². The Labute approximate surface area is 135 Å². The first-order chi connectivity index (χ1) is 10.5. The van der Waals surface area contributed by atoms with Gasteiger partial charge in [0, 0.05) is 11.1 Å². The third-order valence-electron chi connectivity index (χ3n) is 2.99. The molecule has 7 heteroatoms. The molecule has 3 rings (SSSR count). The van der Waals surface area contributed by atoms with Gasteiger partial charge in [-0.15, -0.1) is 22.7 Å². The molecule has 1 aromatic carbocycles. The van der Waals surface area contributed by atoms with E-state index in [1.165, 1.54) is 23.5 Å². The largest absolute Gasteiger partial charge is 0.545 e. The molecular formula is C15H12N3O2S2-. The minimum atomic E-state index is -1.20. The number of nitrogens with one attached hydrogen (secondary N) is 1. The zero-order valence-electron chi connectivity index (χ0n) is 11.9. The Morgan fingerprint density at radius 1 is 1.27 bits per heavy atom. The summed E-state index contributed by atoms with van der Waals surface area (Å²) in [6.07, 6.45) is 0. The number of aromatic carboxylic acids is 1. The van der Waals surface area contributed by atoms with Crippen LogP contribution in [0.5, 0.6) is 0 Å². The van der Waals surface area contributed by atoms with Crippen molar-refractivity contribution in [1.29, 1.82) is 0 Å². The number of aryl methyl sites for hydroxylation is 2. The van der Waals surface area contributed by atoms with E-state index < -0.39 is 5.97 Å². The van der Waals surface area contributed by atoms with Crippen LogP contribution in [0.15, 0.2) is 29.6 Å². The van der Waals surface area contributed by atoms with Crippen LogP contribution in [0.4, 0.5) is 10.8 Å². The third kappa shape index (κ3) is 3.00. The van der Waals surface area contributed by atoms with Gasteiger partial charge in [-0.1, -0.05) is 12.1 Å². The molecule has 0 atom stereocenters. The number of anilines is 2. The highest BCUT2D eigenvalue weighted by atomic mass is 32.1. The van der Waals surface area contributed by atoms with Crippen molar-refractivity contribution in [1.82, 2.24) is 9.97 Å². The number of nitrogens with zero attached hydrogens (tertiary/aromatic N) is 2. The molecule has 0 radical (unpaired) electrons. The first-order valence-corrected chi connectivity index (χ1v) is 8.21. The fourth-order valence-electron chi connectivity index (χ4n) is 2.05. The molecule has 3 aromatic rings. The van der Waals surface area contributed by atoms with Crippen molar-refractivity contribution in [2.24, 2.45) is 0 Å². The molecule has 0 saturated carbocycles. The van der Waals surface area contributed by atoms with Gasteiger partial charge in [-0.2, -0.15) is 0 Å². The van der Waals surface area contributed by atoms with E-state index in [-0.39, 0.29) is 5.56 Å². The average molecular weight is 330 g/mol. The Bertz CT molecular complexity index is 839. The van der Waals surface area contributed by atoms with Crippen LogP contribution in [-0.4, -0.2) is 15.9 Å². The SMILES string of the molecule is Cc1nc(C)c(-c2csc(Nc3cccc(C(=O)[O-])c3)n2)s1. The van der Waals surface area contributed by atoms with Crippen molar-refractivity contribution in [2.75, 3.05) is 5.32 Å². The molecule has 0 aliphatic heterocycles. The molecule has 0 fully saturated rings. The lowest BCUT2D eigenvalue weighted by atomic mass is 10.2. The van der Waals surface area contributed by atoms with Crippen LogP contribution in [0.25, 0.3) is 10.6 Å². The molecule has 0 saturated heterocycles. The molecule has 2 aromatic heterocycles. The van der Waals surface area contributed by atoms with Crippen LogP contribution in [-0.2, 0) is 0 Å². The maximum atomic E-state index is 10.9. The highest BCUT2D eigenvalue weighted by Crippen LogP contribution is 2.33. The van der Waals surface area contributed by atoms with Crippen LogP contribution in [0.1, 0.15) is 21.1 Å². The van der Waals surface area contributed by atoms with Gasteiger partial charge in [0.2, 0.25) is 0 Å². The van der Waals surface area contributed by atoms with Crippen LogP contribution >= 0.6 is 22.7 Å². The second-order valence-corrected chi connectivity index (χ2v) is 6.74. The number of hydrogen-bond acceptors (Lipinski definition) is 7. The number of hydrogen-bond donors (Lipinski definition) is 1. The summed E-state index contributed by atoms with van der Waals surface area (Å²) in [7, 11) is 0. The lowest BCUT2D eigenvalue weighted by Crippen LogP contribution is -2.22. The summed E-state index contributed by atoms with van der Waals surface area (Å²) >= 11 is 3.08. The van der Waals surface area contributed by atoms with Gasteiger partial charge in [-0.3, -0.25) is 0 Å². The van der Waals surface area contributed by atoms with Gasteiger partial charge in [0.25, 0.3) is 0 Å². The zero-order chi connectivity index (χ0) is 15.7. The predicted octanol–water partition coefficient (Wildman–Crippen LogP) is 2.99. The first-order valence-electron chi connectivity index (χ1n) is 6.51. The van der Waals surface area contributed by atoms with Crippen LogP contribution < -0.4 is 10.4 Å². The summed E-state index contributed by atoms with van der Waals surface area (Å²) in [6, 6.07) is 6.48. The number of benzene rings is 1. The van der Waals surface area contributed by atoms with E-state index in [0.717, 1.165) is 21.3 Å². The summed E-state index contributed by atoms with van der Waals surface area (Å²) in [5, 5.41) is 17.7. The van der Waals surface area contributed by atoms with E-state index in [9.17, 15) is 9.90 Å². The molecule has 0 aliphatic carbocycles.